The smallest absolute Gasteiger partial charge is 0.171 e. The van der Waals surface area contributed by atoms with Gasteiger partial charge >= 0.3 is 0 Å². The van der Waals surface area contributed by atoms with Crippen molar-refractivity contribution in [3.63, 3.8) is 0 Å². The molecule has 1 aromatic carbocycles. The van der Waals surface area contributed by atoms with Crippen LogP contribution in [0.5, 0.6) is 0 Å². The molecule has 1 aromatic rings. The molecule has 0 aromatic heterocycles. The fourth-order valence-electron chi connectivity index (χ4n) is 6.15. The number of ether oxygens (including phenoxy) is 2. The lowest BCUT2D eigenvalue weighted by molar-refractivity contribution is -0.240. The minimum atomic E-state index is -0.575. The average Bonchev–Trinajstić information content (AvgIpc) is 2.98. The Balaban J connectivity index is 1.70. The highest BCUT2D eigenvalue weighted by Crippen LogP contribution is 2.59. The number of rotatable bonds is 0. The minimum Gasteiger partial charge on any atom is -0.393 e. The molecule has 130 valence electrons. The first-order chi connectivity index (χ1) is 11.5. The molecule has 3 fully saturated rings. The lowest BCUT2D eigenvalue weighted by atomic mass is 9.50. The van der Waals surface area contributed by atoms with Gasteiger partial charge in [0.1, 0.15) is 0 Å². The van der Waals surface area contributed by atoms with E-state index in [0.717, 1.165) is 25.8 Å². The van der Waals surface area contributed by atoms with E-state index in [9.17, 15) is 5.11 Å². The fourth-order valence-corrected chi connectivity index (χ4v) is 6.15. The van der Waals surface area contributed by atoms with E-state index in [1.807, 2.05) is 0 Å². The summed E-state index contributed by atoms with van der Waals surface area (Å²) >= 11 is 0. The molecule has 1 unspecified atom stereocenters. The van der Waals surface area contributed by atoms with Crippen LogP contribution in [0.1, 0.15) is 36.0 Å². The normalized spacial score (nSPS) is 40.4. The van der Waals surface area contributed by atoms with Gasteiger partial charge < -0.3 is 19.5 Å². The fraction of sp³-hybridized carbons (Fsp3) is 0.700. The van der Waals surface area contributed by atoms with Gasteiger partial charge in [0, 0.05) is 30.2 Å². The lowest BCUT2D eigenvalue weighted by Gasteiger charge is -2.62. The summed E-state index contributed by atoms with van der Waals surface area (Å²) in [6.07, 6.45) is 3.27. The number of hydrogen-bond donors (Lipinski definition) is 1. The molecule has 4 nitrogen and oxygen atoms in total. The number of fused-ring (bicyclic) bond motifs is 1. The Labute approximate surface area is 143 Å². The van der Waals surface area contributed by atoms with Crippen molar-refractivity contribution >= 4 is 0 Å². The highest BCUT2D eigenvalue weighted by Gasteiger charge is 2.63. The van der Waals surface area contributed by atoms with Crippen molar-refractivity contribution < 1.29 is 14.6 Å². The maximum absolute atomic E-state index is 11.2. The van der Waals surface area contributed by atoms with Crippen molar-refractivity contribution in [3.05, 3.63) is 34.9 Å². The van der Waals surface area contributed by atoms with E-state index >= 15 is 0 Å². The Hall–Kier alpha value is -0.940. The summed E-state index contributed by atoms with van der Waals surface area (Å²) in [5.74, 6) is -0.293. The zero-order chi connectivity index (χ0) is 16.5. The first kappa shape index (κ1) is 15.3. The number of likely N-dealkylation sites (N-methyl/N-ethyl adjacent to an activating group) is 1. The van der Waals surface area contributed by atoms with E-state index in [4.69, 9.17) is 9.47 Å². The molecule has 2 saturated heterocycles. The van der Waals surface area contributed by atoms with Gasteiger partial charge in [-0.15, -0.1) is 0 Å². The molecule has 4 heteroatoms. The average molecular weight is 329 g/mol. The van der Waals surface area contributed by atoms with Crippen molar-refractivity contribution in [2.45, 2.75) is 56.0 Å². The van der Waals surface area contributed by atoms with E-state index in [1.54, 1.807) is 0 Å². The first-order valence-electron chi connectivity index (χ1n) is 9.29. The standard InChI is InChI=1S/C20H27NO3/c1-13-3-4-14-10-16-18-17(22)11-20(23-7-8-24-20)12-19(18,15(14)9-13)5-6-21(16)2/h3-4,9,16-18,22H,5-8,10-12H2,1-2H3/t16-,17-,18?,19-/m1/s1. The molecule has 1 spiro atoms. The van der Waals surface area contributed by atoms with E-state index in [2.05, 4.69) is 37.1 Å². The third-order valence-corrected chi connectivity index (χ3v) is 7.09. The number of aliphatic hydroxyl groups excluding tert-OH is 1. The predicted molar refractivity (Wildman–Crippen MR) is 91.0 cm³/mol. The summed E-state index contributed by atoms with van der Waals surface area (Å²) in [6, 6.07) is 7.31. The topological polar surface area (TPSA) is 41.9 Å². The molecule has 4 atom stereocenters. The van der Waals surface area contributed by atoms with Crippen LogP contribution in [-0.4, -0.2) is 54.7 Å². The molecule has 1 saturated carbocycles. The summed E-state index contributed by atoms with van der Waals surface area (Å²) in [7, 11) is 2.22. The second-order valence-electron chi connectivity index (χ2n) is 8.40. The second kappa shape index (κ2) is 5.04. The Kier molecular flexibility index (Phi) is 3.22. The predicted octanol–water partition coefficient (Wildman–Crippen LogP) is 2.01. The first-order valence-corrected chi connectivity index (χ1v) is 9.29. The number of benzene rings is 1. The van der Waals surface area contributed by atoms with Crippen LogP contribution in [0, 0.1) is 12.8 Å². The third-order valence-electron chi connectivity index (χ3n) is 7.09. The van der Waals surface area contributed by atoms with Crippen LogP contribution < -0.4 is 0 Å². The van der Waals surface area contributed by atoms with E-state index in [-0.39, 0.29) is 17.4 Å². The molecule has 1 N–H and O–H groups in total. The zero-order valence-corrected chi connectivity index (χ0v) is 14.6. The summed E-state index contributed by atoms with van der Waals surface area (Å²) < 4.78 is 12.1. The van der Waals surface area contributed by atoms with Gasteiger partial charge in [-0.2, -0.15) is 0 Å². The molecule has 2 bridgehead atoms. The molecule has 5 rings (SSSR count). The highest BCUT2D eigenvalue weighted by atomic mass is 16.7. The van der Waals surface area contributed by atoms with Gasteiger partial charge in [0.05, 0.1) is 19.3 Å². The number of likely N-dealkylation sites (tertiary alicyclic amines) is 1. The van der Waals surface area contributed by atoms with Gasteiger partial charge in [0.25, 0.3) is 0 Å². The number of hydrogen-bond acceptors (Lipinski definition) is 4. The van der Waals surface area contributed by atoms with Gasteiger partial charge in [0.2, 0.25) is 0 Å². The number of aryl methyl sites for hydroxylation is 1. The van der Waals surface area contributed by atoms with Gasteiger partial charge in [-0.05, 0) is 44.5 Å². The van der Waals surface area contributed by atoms with Crippen LogP contribution in [0.15, 0.2) is 18.2 Å². The molecule has 0 radical (unpaired) electrons. The van der Waals surface area contributed by atoms with Crippen LogP contribution in [0.3, 0.4) is 0 Å². The zero-order valence-electron chi connectivity index (χ0n) is 14.6. The van der Waals surface area contributed by atoms with Crippen LogP contribution in [-0.2, 0) is 21.3 Å². The summed E-state index contributed by atoms with van der Waals surface area (Å²) in [4.78, 5) is 2.46. The summed E-state index contributed by atoms with van der Waals surface area (Å²) in [5.41, 5.74) is 4.20. The Morgan fingerprint density at radius 1 is 1.25 bits per heavy atom. The van der Waals surface area contributed by atoms with Crippen molar-refractivity contribution in [3.8, 4) is 0 Å². The molecule has 2 aliphatic carbocycles. The Bertz CT molecular complexity index is 669. The van der Waals surface area contributed by atoms with E-state index in [0.29, 0.717) is 25.7 Å². The molecular formula is C20H27NO3. The van der Waals surface area contributed by atoms with Crippen molar-refractivity contribution in [2.75, 3.05) is 26.8 Å². The molecule has 2 heterocycles. The van der Waals surface area contributed by atoms with Gasteiger partial charge in [-0.25, -0.2) is 0 Å². The SMILES string of the molecule is Cc1ccc2c(c1)[C@]13CCN(C)[C@H](C2)C1[C@H](O)CC1(C3)OCCO1. The van der Waals surface area contributed by atoms with Crippen molar-refractivity contribution in [1.82, 2.24) is 4.90 Å². The molecule has 2 aliphatic heterocycles. The van der Waals surface area contributed by atoms with Crippen LogP contribution in [0.25, 0.3) is 0 Å². The summed E-state index contributed by atoms with van der Waals surface area (Å²) in [6.45, 7) is 4.55. The Morgan fingerprint density at radius 2 is 2.04 bits per heavy atom. The van der Waals surface area contributed by atoms with Gasteiger partial charge in [0.15, 0.2) is 5.79 Å². The number of nitrogens with zero attached hydrogens (tertiary/aromatic N) is 1. The lowest BCUT2D eigenvalue weighted by Crippen LogP contribution is -2.67. The quantitative estimate of drug-likeness (QED) is 0.791. The monoisotopic (exact) mass is 329 g/mol. The third kappa shape index (κ3) is 1.94. The molecule has 24 heavy (non-hydrogen) atoms. The maximum atomic E-state index is 11.2. The largest absolute Gasteiger partial charge is 0.393 e. The van der Waals surface area contributed by atoms with E-state index < -0.39 is 5.79 Å². The van der Waals surface area contributed by atoms with Crippen LogP contribution in [0.2, 0.25) is 0 Å². The second-order valence-corrected chi connectivity index (χ2v) is 8.40. The highest BCUT2D eigenvalue weighted by molar-refractivity contribution is 5.44. The molecule has 0 amide bonds. The maximum Gasteiger partial charge on any atom is 0.171 e. The minimum absolute atomic E-state index is 0.0151. The summed E-state index contributed by atoms with van der Waals surface area (Å²) in [5, 5.41) is 11.2. The molecular weight excluding hydrogens is 302 g/mol. The Morgan fingerprint density at radius 3 is 2.83 bits per heavy atom. The van der Waals surface area contributed by atoms with Crippen LogP contribution >= 0.6 is 0 Å². The molecule has 4 aliphatic rings. The number of aliphatic hydroxyl groups is 1. The van der Waals surface area contributed by atoms with Gasteiger partial charge in [-0.1, -0.05) is 23.8 Å². The number of piperidine rings is 1. The van der Waals surface area contributed by atoms with Crippen molar-refractivity contribution in [1.29, 1.82) is 0 Å². The van der Waals surface area contributed by atoms with Crippen molar-refractivity contribution in [2.24, 2.45) is 5.92 Å². The van der Waals surface area contributed by atoms with Gasteiger partial charge in [-0.3, -0.25) is 0 Å². The van der Waals surface area contributed by atoms with E-state index in [1.165, 1.54) is 16.7 Å². The van der Waals surface area contributed by atoms with Crippen LogP contribution in [0.4, 0.5) is 0 Å².